The highest BCUT2D eigenvalue weighted by Gasteiger charge is 2.06. The number of rotatable bonds is 6. The quantitative estimate of drug-likeness (QED) is 0.662. The summed E-state index contributed by atoms with van der Waals surface area (Å²) in [4.78, 5) is 8.48. The van der Waals surface area contributed by atoms with E-state index in [1.807, 2.05) is 12.4 Å². The van der Waals surface area contributed by atoms with E-state index in [1.165, 1.54) is 29.5 Å². The summed E-state index contributed by atoms with van der Waals surface area (Å²) in [5.41, 5.74) is 5.08. The van der Waals surface area contributed by atoms with Crippen LogP contribution in [0.1, 0.15) is 43.7 Å². The molecule has 0 N–H and O–H groups in total. The lowest BCUT2D eigenvalue weighted by Crippen LogP contribution is -1.97. The highest BCUT2D eigenvalue weighted by molar-refractivity contribution is 5.84. The standard InChI is InChI=1S/C19H24N2/c1-3-16-9-11-17(12-10-16)13-21-15-19(14-20-2)18-7-5-4-6-8-18/h7,9-12,14-15H,2-6,8,13H2,1H3/b19-14+,21-15-. The first-order chi connectivity index (χ1) is 10.3. The Kier molecular flexibility index (Phi) is 6.14. The van der Waals surface area contributed by atoms with E-state index in [0.29, 0.717) is 6.54 Å². The molecule has 1 aliphatic rings. The Morgan fingerprint density at radius 3 is 2.57 bits per heavy atom. The first-order valence-corrected chi connectivity index (χ1v) is 7.76. The third kappa shape index (κ3) is 4.82. The van der Waals surface area contributed by atoms with Gasteiger partial charge in [0.15, 0.2) is 0 Å². The van der Waals surface area contributed by atoms with Crippen molar-refractivity contribution >= 4 is 12.9 Å². The van der Waals surface area contributed by atoms with Gasteiger partial charge in [-0.05, 0) is 55.5 Å². The van der Waals surface area contributed by atoms with Crippen LogP contribution in [0, 0.1) is 0 Å². The van der Waals surface area contributed by atoms with Gasteiger partial charge in [0.25, 0.3) is 0 Å². The maximum Gasteiger partial charge on any atom is 0.0639 e. The Hall–Kier alpha value is -1.96. The predicted molar refractivity (Wildman–Crippen MR) is 92.2 cm³/mol. The van der Waals surface area contributed by atoms with Crippen LogP contribution in [0.2, 0.25) is 0 Å². The number of aryl methyl sites for hydroxylation is 1. The van der Waals surface area contributed by atoms with Crippen molar-refractivity contribution in [3.63, 3.8) is 0 Å². The third-order valence-electron chi connectivity index (χ3n) is 3.83. The zero-order valence-corrected chi connectivity index (χ0v) is 12.9. The summed E-state index contributed by atoms with van der Waals surface area (Å²) in [5.74, 6) is 0. The average Bonchev–Trinajstić information content (AvgIpc) is 2.55. The Labute approximate surface area is 128 Å². The number of nitrogens with zero attached hydrogens (tertiary/aromatic N) is 2. The van der Waals surface area contributed by atoms with Gasteiger partial charge in [0.2, 0.25) is 0 Å². The smallest absolute Gasteiger partial charge is 0.0639 e. The number of hydrogen-bond donors (Lipinski definition) is 0. The monoisotopic (exact) mass is 280 g/mol. The molecule has 0 fully saturated rings. The van der Waals surface area contributed by atoms with Gasteiger partial charge >= 0.3 is 0 Å². The van der Waals surface area contributed by atoms with Crippen LogP contribution in [0.5, 0.6) is 0 Å². The highest BCUT2D eigenvalue weighted by atomic mass is 14.7. The first-order valence-electron chi connectivity index (χ1n) is 7.76. The largest absolute Gasteiger partial charge is 0.288 e. The summed E-state index contributed by atoms with van der Waals surface area (Å²) in [6.45, 7) is 6.45. The molecular weight excluding hydrogens is 256 g/mol. The van der Waals surface area contributed by atoms with E-state index >= 15 is 0 Å². The molecule has 1 aliphatic carbocycles. The van der Waals surface area contributed by atoms with Gasteiger partial charge in [-0.2, -0.15) is 0 Å². The molecule has 2 nitrogen and oxygen atoms in total. The second-order valence-corrected chi connectivity index (χ2v) is 5.38. The van der Waals surface area contributed by atoms with Crippen molar-refractivity contribution in [2.24, 2.45) is 9.98 Å². The second kappa shape index (κ2) is 8.35. The van der Waals surface area contributed by atoms with E-state index in [9.17, 15) is 0 Å². The summed E-state index contributed by atoms with van der Waals surface area (Å²) < 4.78 is 0. The van der Waals surface area contributed by atoms with E-state index in [-0.39, 0.29) is 0 Å². The molecule has 1 aromatic rings. The van der Waals surface area contributed by atoms with Gasteiger partial charge in [0.1, 0.15) is 0 Å². The highest BCUT2D eigenvalue weighted by Crippen LogP contribution is 2.23. The van der Waals surface area contributed by atoms with Gasteiger partial charge in [-0.25, -0.2) is 0 Å². The molecule has 110 valence electrons. The number of benzene rings is 1. The second-order valence-electron chi connectivity index (χ2n) is 5.38. The molecule has 0 atom stereocenters. The van der Waals surface area contributed by atoms with Crippen molar-refractivity contribution in [2.75, 3.05) is 0 Å². The van der Waals surface area contributed by atoms with Crippen LogP contribution in [0.3, 0.4) is 0 Å². The normalized spacial score (nSPS) is 16.0. The molecular formula is C19H24N2. The fraction of sp³-hybridized carbons (Fsp3) is 0.368. The first kappa shape index (κ1) is 15.4. The molecule has 0 amide bonds. The molecule has 0 spiro atoms. The molecule has 2 rings (SSSR count). The Morgan fingerprint density at radius 2 is 1.95 bits per heavy atom. The molecule has 0 radical (unpaired) electrons. The Balaban J connectivity index is 2.01. The minimum Gasteiger partial charge on any atom is -0.288 e. The van der Waals surface area contributed by atoms with Gasteiger partial charge < -0.3 is 0 Å². The van der Waals surface area contributed by atoms with Crippen molar-refractivity contribution in [2.45, 2.75) is 45.6 Å². The molecule has 21 heavy (non-hydrogen) atoms. The third-order valence-corrected chi connectivity index (χ3v) is 3.83. The zero-order valence-electron chi connectivity index (χ0n) is 12.9. The van der Waals surface area contributed by atoms with E-state index in [1.54, 1.807) is 0 Å². The maximum atomic E-state index is 4.57. The number of allylic oxidation sites excluding steroid dienone is 3. The minimum atomic E-state index is 0.714. The lowest BCUT2D eigenvalue weighted by molar-refractivity contribution is 0.709. The van der Waals surface area contributed by atoms with Crippen molar-refractivity contribution in [3.05, 3.63) is 58.8 Å². The van der Waals surface area contributed by atoms with Gasteiger partial charge in [0, 0.05) is 18.0 Å². The summed E-state index contributed by atoms with van der Waals surface area (Å²) in [7, 11) is 0. The molecule has 0 unspecified atom stereocenters. The molecule has 0 saturated carbocycles. The maximum absolute atomic E-state index is 4.57. The van der Waals surface area contributed by atoms with Crippen LogP contribution in [0.15, 0.2) is 57.7 Å². The fourth-order valence-electron chi connectivity index (χ4n) is 2.53. The molecule has 0 aliphatic heterocycles. The van der Waals surface area contributed by atoms with Crippen LogP contribution in [-0.4, -0.2) is 12.9 Å². The molecule has 0 heterocycles. The van der Waals surface area contributed by atoms with E-state index in [2.05, 4.69) is 54.0 Å². The zero-order chi connectivity index (χ0) is 14.9. The molecule has 0 bridgehead atoms. The average molecular weight is 280 g/mol. The molecule has 2 heteroatoms. The van der Waals surface area contributed by atoms with Crippen molar-refractivity contribution < 1.29 is 0 Å². The van der Waals surface area contributed by atoms with Crippen LogP contribution in [0.25, 0.3) is 0 Å². The number of hydrogen-bond acceptors (Lipinski definition) is 2. The van der Waals surface area contributed by atoms with E-state index in [4.69, 9.17) is 0 Å². The van der Waals surface area contributed by atoms with E-state index < -0.39 is 0 Å². The fourth-order valence-corrected chi connectivity index (χ4v) is 2.53. The van der Waals surface area contributed by atoms with Crippen LogP contribution in [-0.2, 0) is 13.0 Å². The lowest BCUT2D eigenvalue weighted by Gasteiger charge is -2.12. The van der Waals surface area contributed by atoms with Crippen LogP contribution >= 0.6 is 0 Å². The van der Waals surface area contributed by atoms with Crippen LogP contribution in [0.4, 0.5) is 0 Å². The van der Waals surface area contributed by atoms with Crippen LogP contribution < -0.4 is 0 Å². The summed E-state index contributed by atoms with van der Waals surface area (Å²) >= 11 is 0. The molecule has 0 aromatic heterocycles. The summed E-state index contributed by atoms with van der Waals surface area (Å²) in [6, 6.07) is 8.67. The Bertz CT molecular complexity index is 547. The Morgan fingerprint density at radius 1 is 1.19 bits per heavy atom. The van der Waals surface area contributed by atoms with Gasteiger partial charge in [-0.15, -0.1) is 0 Å². The minimum absolute atomic E-state index is 0.714. The van der Waals surface area contributed by atoms with Gasteiger partial charge in [-0.1, -0.05) is 37.3 Å². The topological polar surface area (TPSA) is 24.7 Å². The van der Waals surface area contributed by atoms with Crippen molar-refractivity contribution in [1.82, 2.24) is 0 Å². The van der Waals surface area contributed by atoms with Gasteiger partial charge in [0.05, 0.1) is 6.54 Å². The molecule has 1 aromatic carbocycles. The number of aliphatic imine (C=N–C) groups is 2. The van der Waals surface area contributed by atoms with Crippen molar-refractivity contribution in [1.29, 1.82) is 0 Å². The SMILES string of the molecule is C=N/C=C(\C=N/Cc1ccc(CC)cc1)C1=CCCCC1. The molecule has 0 saturated heterocycles. The summed E-state index contributed by atoms with van der Waals surface area (Å²) in [5, 5.41) is 0. The van der Waals surface area contributed by atoms with E-state index in [0.717, 1.165) is 24.8 Å². The predicted octanol–water partition coefficient (Wildman–Crippen LogP) is 4.90. The van der Waals surface area contributed by atoms with Crippen molar-refractivity contribution in [3.8, 4) is 0 Å². The summed E-state index contributed by atoms with van der Waals surface area (Å²) in [6.07, 6.45) is 12.0. The lowest BCUT2D eigenvalue weighted by atomic mass is 9.94. The van der Waals surface area contributed by atoms with Gasteiger partial charge in [-0.3, -0.25) is 9.98 Å².